The van der Waals surface area contributed by atoms with E-state index >= 15 is 0 Å². The highest BCUT2D eigenvalue weighted by atomic mass is 16.5. The zero-order chi connectivity index (χ0) is 15.4. The second-order valence-electron chi connectivity index (χ2n) is 5.41. The van der Waals surface area contributed by atoms with E-state index in [1.54, 1.807) is 11.9 Å². The Hall–Kier alpha value is -1.83. The fraction of sp³-hybridized carbons (Fsp3) is 0.769. The molecule has 118 valence electrons. The van der Waals surface area contributed by atoms with Crippen LogP contribution in [0.2, 0.25) is 0 Å². The van der Waals surface area contributed by atoms with Crippen molar-refractivity contribution in [3.8, 4) is 0 Å². The van der Waals surface area contributed by atoms with Gasteiger partial charge in [-0.25, -0.2) is 4.79 Å². The van der Waals surface area contributed by atoms with Crippen LogP contribution < -0.4 is 10.6 Å². The van der Waals surface area contributed by atoms with Crippen molar-refractivity contribution in [1.29, 1.82) is 0 Å². The predicted molar refractivity (Wildman–Crippen MR) is 72.6 cm³/mol. The zero-order valence-electron chi connectivity index (χ0n) is 12.0. The third-order valence-electron chi connectivity index (χ3n) is 4.11. The maximum Gasteiger partial charge on any atom is 0.317 e. The number of carbonyl (C=O) groups is 3. The average Bonchev–Trinajstić information content (AvgIpc) is 2.95. The molecule has 21 heavy (non-hydrogen) atoms. The highest BCUT2D eigenvalue weighted by Gasteiger charge is 2.36. The van der Waals surface area contributed by atoms with Crippen LogP contribution in [-0.2, 0) is 14.3 Å². The lowest BCUT2D eigenvalue weighted by Gasteiger charge is -2.32. The molecular formula is C13H21N3O5. The third-order valence-corrected chi connectivity index (χ3v) is 4.11. The Morgan fingerprint density at radius 3 is 2.43 bits per heavy atom. The van der Waals surface area contributed by atoms with Crippen LogP contribution in [-0.4, -0.2) is 67.3 Å². The number of rotatable bonds is 3. The molecule has 8 nitrogen and oxygen atoms in total. The number of urea groups is 1. The number of nitrogens with one attached hydrogen (secondary N) is 2. The second-order valence-corrected chi connectivity index (χ2v) is 5.41. The predicted octanol–water partition coefficient (Wildman–Crippen LogP) is -0.746. The molecule has 2 fully saturated rings. The van der Waals surface area contributed by atoms with Gasteiger partial charge < -0.3 is 25.4 Å². The Kier molecular flexibility index (Phi) is 5.00. The third kappa shape index (κ3) is 3.63. The smallest absolute Gasteiger partial charge is 0.317 e. The van der Waals surface area contributed by atoms with E-state index in [4.69, 9.17) is 9.84 Å². The summed E-state index contributed by atoms with van der Waals surface area (Å²) in [4.78, 5) is 36.3. The lowest BCUT2D eigenvalue weighted by atomic mass is 9.96. The molecule has 3 N–H and O–H groups in total. The van der Waals surface area contributed by atoms with Gasteiger partial charge in [0.15, 0.2) is 0 Å². The molecule has 0 aromatic heterocycles. The molecule has 2 unspecified atom stereocenters. The molecule has 2 atom stereocenters. The van der Waals surface area contributed by atoms with E-state index in [0.29, 0.717) is 25.9 Å². The van der Waals surface area contributed by atoms with Crippen molar-refractivity contribution < 1.29 is 24.2 Å². The summed E-state index contributed by atoms with van der Waals surface area (Å²) < 4.78 is 5.12. The summed E-state index contributed by atoms with van der Waals surface area (Å²) in [6.07, 6.45) is 1.24. The van der Waals surface area contributed by atoms with Gasteiger partial charge >= 0.3 is 12.0 Å². The number of carboxylic acid groups (broad SMARTS) is 1. The summed E-state index contributed by atoms with van der Waals surface area (Å²) in [5, 5.41) is 14.4. The normalized spacial score (nSPS) is 26.4. The first-order chi connectivity index (χ1) is 10.0. The molecule has 0 spiro atoms. The molecule has 2 aliphatic rings. The SMILES string of the molecule is CNC(=O)C1CCN(C(=O)NC2COCC2C(=O)O)CC1. The van der Waals surface area contributed by atoms with Gasteiger partial charge in [0, 0.05) is 26.1 Å². The van der Waals surface area contributed by atoms with E-state index in [-0.39, 0.29) is 31.1 Å². The Morgan fingerprint density at radius 2 is 1.86 bits per heavy atom. The minimum Gasteiger partial charge on any atom is -0.481 e. The molecule has 8 heteroatoms. The lowest BCUT2D eigenvalue weighted by molar-refractivity contribution is -0.142. The summed E-state index contributed by atoms with van der Waals surface area (Å²) in [7, 11) is 1.60. The van der Waals surface area contributed by atoms with Gasteiger partial charge in [0.05, 0.1) is 19.3 Å². The summed E-state index contributed by atoms with van der Waals surface area (Å²) >= 11 is 0. The Balaban J connectivity index is 1.82. The number of hydrogen-bond donors (Lipinski definition) is 3. The highest BCUT2D eigenvalue weighted by Crippen LogP contribution is 2.19. The highest BCUT2D eigenvalue weighted by molar-refractivity contribution is 5.80. The molecule has 2 aliphatic heterocycles. The van der Waals surface area contributed by atoms with Crippen LogP contribution >= 0.6 is 0 Å². The molecule has 0 aromatic rings. The van der Waals surface area contributed by atoms with Crippen LogP contribution in [0, 0.1) is 11.8 Å². The number of hydrogen-bond acceptors (Lipinski definition) is 4. The van der Waals surface area contributed by atoms with E-state index < -0.39 is 17.9 Å². The van der Waals surface area contributed by atoms with Crippen molar-refractivity contribution in [1.82, 2.24) is 15.5 Å². The number of carboxylic acids is 1. The van der Waals surface area contributed by atoms with E-state index in [0.717, 1.165) is 0 Å². The van der Waals surface area contributed by atoms with E-state index in [1.165, 1.54) is 0 Å². The summed E-state index contributed by atoms with van der Waals surface area (Å²) in [6.45, 7) is 1.33. The van der Waals surface area contributed by atoms with Gasteiger partial charge in [-0.15, -0.1) is 0 Å². The van der Waals surface area contributed by atoms with Gasteiger partial charge in [-0.1, -0.05) is 0 Å². The monoisotopic (exact) mass is 299 g/mol. The number of carbonyl (C=O) groups excluding carboxylic acids is 2. The van der Waals surface area contributed by atoms with E-state index in [9.17, 15) is 14.4 Å². The molecule has 0 aromatic carbocycles. The molecule has 0 aliphatic carbocycles. The molecule has 0 bridgehead atoms. The maximum absolute atomic E-state index is 12.1. The van der Waals surface area contributed by atoms with Crippen LogP contribution in [0.1, 0.15) is 12.8 Å². The lowest BCUT2D eigenvalue weighted by Crippen LogP contribution is -2.51. The largest absolute Gasteiger partial charge is 0.481 e. The molecule has 0 saturated carbocycles. The Morgan fingerprint density at radius 1 is 1.19 bits per heavy atom. The summed E-state index contributed by atoms with van der Waals surface area (Å²) in [5.74, 6) is -1.71. The van der Waals surface area contributed by atoms with Gasteiger partial charge in [0.25, 0.3) is 0 Å². The van der Waals surface area contributed by atoms with Gasteiger partial charge in [0.1, 0.15) is 5.92 Å². The molecule has 3 amide bonds. The number of nitrogens with zero attached hydrogens (tertiary/aromatic N) is 1. The fourth-order valence-corrected chi connectivity index (χ4v) is 2.74. The average molecular weight is 299 g/mol. The van der Waals surface area contributed by atoms with Crippen LogP contribution in [0.3, 0.4) is 0 Å². The number of piperidine rings is 1. The number of likely N-dealkylation sites (tertiary alicyclic amines) is 1. The maximum atomic E-state index is 12.1. The minimum atomic E-state index is -0.962. The molecule has 0 radical (unpaired) electrons. The van der Waals surface area contributed by atoms with Crippen molar-refractivity contribution in [2.75, 3.05) is 33.4 Å². The van der Waals surface area contributed by atoms with Crippen LogP contribution in [0.25, 0.3) is 0 Å². The fourth-order valence-electron chi connectivity index (χ4n) is 2.74. The van der Waals surface area contributed by atoms with Gasteiger partial charge in [-0.2, -0.15) is 0 Å². The first-order valence-corrected chi connectivity index (χ1v) is 7.10. The van der Waals surface area contributed by atoms with E-state index in [1.807, 2.05) is 0 Å². The van der Waals surface area contributed by atoms with Gasteiger partial charge in [-0.3, -0.25) is 9.59 Å². The first kappa shape index (κ1) is 15.6. The van der Waals surface area contributed by atoms with Gasteiger partial charge in [-0.05, 0) is 12.8 Å². The van der Waals surface area contributed by atoms with Gasteiger partial charge in [0.2, 0.25) is 5.91 Å². The Bertz CT molecular complexity index is 420. The Labute approximate surface area is 122 Å². The second kappa shape index (κ2) is 6.75. The molecule has 2 rings (SSSR count). The van der Waals surface area contributed by atoms with Crippen LogP contribution in [0.4, 0.5) is 4.79 Å². The molecular weight excluding hydrogens is 278 g/mol. The first-order valence-electron chi connectivity index (χ1n) is 7.10. The molecule has 2 saturated heterocycles. The minimum absolute atomic E-state index is 0.00481. The summed E-state index contributed by atoms with van der Waals surface area (Å²) in [6, 6.07) is -0.779. The zero-order valence-corrected chi connectivity index (χ0v) is 12.0. The van der Waals surface area contributed by atoms with Crippen molar-refractivity contribution in [3.63, 3.8) is 0 Å². The summed E-state index contributed by atoms with van der Waals surface area (Å²) in [5.41, 5.74) is 0. The molecule has 2 heterocycles. The van der Waals surface area contributed by atoms with E-state index in [2.05, 4.69) is 10.6 Å². The van der Waals surface area contributed by atoms with Crippen molar-refractivity contribution in [2.24, 2.45) is 11.8 Å². The number of amides is 3. The van der Waals surface area contributed by atoms with Crippen LogP contribution in [0.15, 0.2) is 0 Å². The number of ether oxygens (including phenoxy) is 1. The quantitative estimate of drug-likeness (QED) is 0.636. The number of aliphatic carboxylic acids is 1. The standard InChI is InChI=1S/C13H21N3O5/c1-14-11(17)8-2-4-16(5-3-8)13(20)15-10-7-21-6-9(10)12(18)19/h8-10H,2-7H2,1H3,(H,14,17)(H,15,20)(H,18,19). The van der Waals surface area contributed by atoms with Crippen molar-refractivity contribution >= 4 is 17.9 Å². The van der Waals surface area contributed by atoms with Crippen LogP contribution in [0.5, 0.6) is 0 Å². The van der Waals surface area contributed by atoms with Crippen molar-refractivity contribution in [3.05, 3.63) is 0 Å². The van der Waals surface area contributed by atoms with Crippen molar-refractivity contribution in [2.45, 2.75) is 18.9 Å². The topological polar surface area (TPSA) is 108 Å².